The van der Waals surface area contributed by atoms with Crippen molar-refractivity contribution in [3.05, 3.63) is 47.3 Å². The molecule has 1 aromatic carbocycles. The molecular weight excluding hydrogens is 472 g/mol. The Bertz CT molecular complexity index is 1340. The van der Waals surface area contributed by atoms with Crippen LogP contribution in [0.4, 0.5) is 5.82 Å². The first-order valence-electron chi connectivity index (χ1n) is 12.8. The van der Waals surface area contributed by atoms with Crippen molar-refractivity contribution in [1.82, 2.24) is 19.4 Å². The lowest BCUT2D eigenvalue weighted by atomic mass is 10.2. The van der Waals surface area contributed by atoms with E-state index in [1.54, 1.807) is 19.2 Å². The molecule has 1 saturated heterocycles. The number of carbonyl (C=O) groups excluding carboxylic acids is 1. The van der Waals surface area contributed by atoms with Gasteiger partial charge in [0.1, 0.15) is 11.3 Å². The molecule has 4 heterocycles. The van der Waals surface area contributed by atoms with Gasteiger partial charge in [0.15, 0.2) is 11.5 Å². The van der Waals surface area contributed by atoms with E-state index < -0.39 is 0 Å². The second kappa shape index (κ2) is 10.9. The largest absolute Gasteiger partial charge is 0.491 e. The van der Waals surface area contributed by atoms with Gasteiger partial charge in [-0.1, -0.05) is 0 Å². The molecule has 2 aliphatic rings. The first-order chi connectivity index (χ1) is 17.9. The maximum atomic E-state index is 12.9. The molecule has 3 aromatic rings. The summed E-state index contributed by atoms with van der Waals surface area (Å²) in [7, 11) is 1.60. The highest BCUT2D eigenvalue weighted by molar-refractivity contribution is 5.96. The van der Waals surface area contributed by atoms with Crippen molar-refractivity contribution in [2.24, 2.45) is 4.99 Å². The van der Waals surface area contributed by atoms with Crippen LogP contribution in [0.5, 0.6) is 11.5 Å². The van der Waals surface area contributed by atoms with Crippen LogP contribution >= 0.6 is 0 Å². The SMILES string of the molecule is COc1c(OCCCN2C[C@@H](C)O[C@@H](C)C2)ccc2c3n(c(=NC(=O)c4ccc(C)nc4)nc12)CCN3. The Kier molecular flexibility index (Phi) is 7.38. The summed E-state index contributed by atoms with van der Waals surface area (Å²) in [6.07, 6.45) is 2.92. The van der Waals surface area contributed by atoms with Gasteiger partial charge >= 0.3 is 0 Å². The summed E-state index contributed by atoms with van der Waals surface area (Å²) in [6.45, 7) is 10.9. The van der Waals surface area contributed by atoms with Crippen LogP contribution in [0, 0.1) is 6.92 Å². The molecular formula is C27H34N6O4. The van der Waals surface area contributed by atoms with Crippen LogP contribution in [0.15, 0.2) is 35.5 Å². The number of ether oxygens (including phenoxy) is 3. The Hall–Kier alpha value is -3.50. The van der Waals surface area contributed by atoms with Gasteiger partial charge in [-0.25, -0.2) is 4.98 Å². The molecule has 5 rings (SSSR count). The van der Waals surface area contributed by atoms with Crippen LogP contribution in [0.25, 0.3) is 10.9 Å². The summed E-state index contributed by atoms with van der Waals surface area (Å²) in [6, 6.07) is 7.42. The first kappa shape index (κ1) is 25.2. The number of nitrogens with zero attached hydrogens (tertiary/aromatic N) is 5. The monoisotopic (exact) mass is 506 g/mol. The number of aromatic nitrogens is 3. The second-order valence-corrected chi connectivity index (χ2v) is 9.66. The lowest BCUT2D eigenvalue weighted by Gasteiger charge is -2.35. The second-order valence-electron chi connectivity index (χ2n) is 9.66. The van der Waals surface area contributed by atoms with E-state index in [2.05, 4.69) is 34.0 Å². The maximum absolute atomic E-state index is 12.9. The average Bonchev–Trinajstić information content (AvgIpc) is 3.37. The number of anilines is 1. The predicted molar refractivity (Wildman–Crippen MR) is 140 cm³/mol. The third-order valence-corrected chi connectivity index (χ3v) is 6.64. The molecule has 0 aliphatic carbocycles. The highest BCUT2D eigenvalue weighted by atomic mass is 16.5. The molecule has 0 spiro atoms. The van der Waals surface area contributed by atoms with Crippen molar-refractivity contribution in [3.63, 3.8) is 0 Å². The number of fused-ring (bicyclic) bond motifs is 3. The normalized spacial score (nSPS) is 20.1. The number of amides is 1. The maximum Gasteiger partial charge on any atom is 0.281 e. The van der Waals surface area contributed by atoms with Crippen molar-refractivity contribution >= 4 is 22.6 Å². The van der Waals surface area contributed by atoms with E-state index >= 15 is 0 Å². The van der Waals surface area contributed by atoms with E-state index in [0.717, 1.165) is 49.5 Å². The van der Waals surface area contributed by atoms with Gasteiger partial charge in [0, 0.05) is 50.0 Å². The number of carbonyl (C=O) groups is 1. The number of nitrogens with one attached hydrogen (secondary N) is 1. The molecule has 37 heavy (non-hydrogen) atoms. The van der Waals surface area contributed by atoms with Gasteiger partial charge < -0.3 is 19.5 Å². The fraction of sp³-hybridized carbons (Fsp3) is 0.481. The minimum absolute atomic E-state index is 0.248. The number of methoxy groups -OCH3 is 1. The Morgan fingerprint density at radius 1 is 1.22 bits per heavy atom. The molecule has 196 valence electrons. The van der Waals surface area contributed by atoms with E-state index in [1.165, 1.54) is 6.20 Å². The van der Waals surface area contributed by atoms with Crippen molar-refractivity contribution < 1.29 is 19.0 Å². The van der Waals surface area contributed by atoms with E-state index in [1.807, 2.05) is 23.6 Å². The van der Waals surface area contributed by atoms with Crippen LogP contribution in [0.1, 0.15) is 36.3 Å². The zero-order valence-electron chi connectivity index (χ0n) is 21.9. The Morgan fingerprint density at radius 3 is 2.76 bits per heavy atom. The minimum atomic E-state index is -0.390. The summed E-state index contributed by atoms with van der Waals surface area (Å²) in [5.41, 5.74) is 2.18. The van der Waals surface area contributed by atoms with Crippen molar-refractivity contribution in [3.8, 4) is 11.5 Å². The minimum Gasteiger partial charge on any atom is -0.491 e. The summed E-state index contributed by atoms with van der Waals surface area (Å²) in [5, 5.41) is 4.29. The number of morpholine rings is 1. The lowest BCUT2D eigenvalue weighted by molar-refractivity contribution is -0.0686. The van der Waals surface area contributed by atoms with Crippen LogP contribution in [-0.2, 0) is 11.3 Å². The van der Waals surface area contributed by atoms with Gasteiger partial charge in [-0.2, -0.15) is 4.99 Å². The van der Waals surface area contributed by atoms with Crippen LogP contribution in [-0.4, -0.2) is 77.4 Å². The highest BCUT2D eigenvalue weighted by Crippen LogP contribution is 2.37. The third kappa shape index (κ3) is 5.45. The van der Waals surface area contributed by atoms with E-state index in [9.17, 15) is 4.79 Å². The average molecular weight is 507 g/mol. The molecule has 10 nitrogen and oxygen atoms in total. The Balaban J connectivity index is 1.40. The summed E-state index contributed by atoms with van der Waals surface area (Å²) in [5.74, 6) is 1.62. The predicted octanol–water partition coefficient (Wildman–Crippen LogP) is 2.79. The van der Waals surface area contributed by atoms with E-state index in [4.69, 9.17) is 19.2 Å². The molecule has 0 unspecified atom stereocenters. The van der Waals surface area contributed by atoms with Gasteiger partial charge in [-0.05, 0) is 51.5 Å². The topological polar surface area (TPSA) is 103 Å². The van der Waals surface area contributed by atoms with Crippen LogP contribution in [0.2, 0.25) is 0 Å². The number of rotatable bonds is 7. The summed E-state index contributed by atoms with van der Waals surface area (Å²) < 4.78 is 19.7. The summed E-state index contributed by atoms with van der Waals surface area (Å²) >= 11 is 0. The Morgan fingerprint density at radius 2 is 2.03 bits per heavy atom. The number of pyridine rings is 1. The Labute approximate surface area is 216 Å². The van der Waals surface area contributed by atoms with E-state index in [-0.39, 0.29) is 18.1 Å². The number of hydrogen-bond donors (Lipinski definition) is 1. The van der Waals surface area contributed by atoms with Crippen LogP contribution < -0.4 is 20.4 Å². The molecule has 1 N–H and O–H groups in total. The van der Waals surface area contributed by atoms with Crippen LogP contribution in [0.3, 0.4) is 0 Å². The molecule has 2 atom stereocenters. The van der Waals surface area contributed by atoms with Crippen molar-refractivity contribution in [1.29, 1.82) is 0 Å². The van der Waals surface area contributed by atoms with Gasteiger partial charge in [0.25, 0.3) is 5.91 Å². The fourth-order valence-electron chi connectivity index (χ4n) is 5.03. The van der Waals surface area contributed by atoms with Gasteiger partial charge in [-0.3, -0.25) is 19.2 Å². The van der Waals surface area contributed by atoms with Gasteiger partial charge in [-0.15, -0.1) is 0 Å². The summed E-state index contributed by atoms with van der Waals surface area (Å²) in [4.78, 5) is 28.6. The molecule has 2 aliphatic heterocycles. The van der Waals surface area contributed by atoms with Gasteiger partial charge in [0.2, 0.25) is 5.62 Å². The zero-order chi connectivity index (χ0) is 25.9. The number of benzene rings is 1. The zero-order valence-corrected chi connectivity index (χ0v) is 21.9. The highest BCUT2D eigenvalue weighted by Gasteiger charge is 2.23. The molecule has 2 aromatic heterocycles. The van der Waals surface area contributed by atoms with E-state index in [0.29, 0.717) is 41.3 Å². The number of aryl methyl sites for hydroxylation is 1. The molecule has 0 saturated carbocycles. The lowest BCUT2D eigenvalue weighted by Crippen LogP contribution is -2.45. The molecule has 0 bridgehead atoms. The molecule has 10 heteroatoms. The standard InChI is InChI=1S/C27H34N6O4/c1-17-6-7-20(14-29-17)26(34)31-27-30-23-21(25-28-10-12-33(25)27)8-9-22(24(23)35-4)36-13-5-11-32-15-18(2)37-19(3)16-32/h6-9,14,18-19,28H,5,10-13,15-16H2,1-4H3/t18-,19+. The van der Waals surface area contributed by atoms with Crippen molar-refractivity contribution in [2.45, 2.75) is 45.9 Å². The van der Waals surface area contributed by atoms with Crippen molar-refractivity contribution in [2.75, 3.05) is 45.2 Å². The fourth-order valence-corrected chi connectivity index (χ4v) is 5.03. The first-order valence-corrected chi connectivity index (χ1v) is 12.8. The molecule has 1 fully saturated rings. The third-order valence-electron chi connectivity index (χ3n) is 6.64. The molecule has 1 amide bonds. The number of hydrogen-bond acceptors (Lipinski definition) is 8. The molecule has 0 radical (unpaired) electrons. The smallest absolute Gasteiger partial charge is 0.281 e. The quantitative estimate of drug-likeness (QED) is 0.488. The van der Waals surface area contributed by atoms with Gasteiger partial charge in [0.05, 0.1) is 31.5 Å².